The normalized spacial score (nSPS) is 18.4. The summed E-state index contributed by atoms with van der Waals surface area (Å²) in [5.74, 6) is 1.55. The lowest BCUT2D eigenvalue weighted by Crippen LogP contribution is -2.19. The van der Waals surface area contributed by atoms with E-state index < -0.39 is 0 Å². The van der Waals surface area contributed by atoms with Crippen LogP contribution >= 0.6 is 0 Å². The standard InChI is InChI=1S/C11H14O3/c1-6-7-4-8(12)11(7)10(14-3)5-9(6)13-2/h5,8,12H,4H2,1-3H3. The van der Waals surface area contributed by atoms with Gasteiger partial charge in [-0.05, 0) is 18.1 Å². The van der Waals surface area contributed by atoms with Gasteiger partial charge in [0.2, 0.25) is 0 Å². The average Bonchev–Trinajstić information content (AvgIpc) is 2.18. The van der Waals surface area contributed by atoms with Crippen LogP contribution in [0, 0.1) is 6.92 Å². The topological polar surface area (TPSA) is 38.7 Å². The van der Waals surface area contributed by atoms with Crippen molar-refractivity contribution in [3.63, 3.8) is 0 Å². The first-order valence-electron chi connectivity index (χ1n) is 4.61. The number of rotatable bonds is 2. The monoisotopic (exact) mass is 194 g/mol. The van der Waals surface area contributed by atoms with Crippen LogP contribution in [0.2, 0.25) is 0 Å². The lowest BCUT2D eigenvalue weighted by molar-refractivity contribution is 0.147. The maximum atomic E-state index is 9.58. The Labute approximate surface area is 83.3 Å². The van der Waals surface area contributed by atoms with E-state index in [4.69, 9.17) is 9.47 Å². The molecule has 2 rings (SSSR count). The minimum absolute atomic E-state index is 0.371. The molecular formula is C11H14O3. The van der Waals surface area contributed by atoms with Crippen LogP contribution < -0.4 is 9.47 Å². The van der Waals surface area contributed by atoms with E-state index in [-0.39, 0.29) is 6.10 Å². The molecule has 0 fully saturated rings. The predicted octanol–water partition coefficient (Wildman–Crippen LogP) is 1.60. The Kier molecular flexibility index (Phi) is 2.11. The van der Waals surface area contributed by atoms with Crippen molar-refractivity contribution in [2.24, 2.45) is 0 Å². The number of aliphatic hydroxyl groups excluding tert-OH is 1. The quantitative estimate of drug-likeness (QED) is 0.777. The molecule has 0 aromatic heterocycles. The van der Waals surface area contributed by atoms with Gasteiger partial charge in [0.15, 0.2) is 0 Å². The van der Waals surface area contributed by atoms with Crippen molar-refractivity contribution in [3.8, 4) is 11.5 Å². The fourth-order valence-corrected chi connectivity index (χ4v) is 1.98. The van der Waals surface area contributed by atoms with Gasteiger partial charge in [0.05, 0.1) is 20.3 Å². The summed E-state index contributed by atoms with van der Waals surface area (Å²) in [5.41, 5.74) is 3.19. The summed E-state index contributed by atoms with van der Waals surface area (Å²) in [6.07, 6.45) is 0.332. The van der Waals surface area contributed by atoms with E-state index in [9.17, 15) is 5.11 Å². The number of benzene rings is 1. The predicted molar refractivity (Wildman–Crippen MR) is 52.9 cm³/mol. The van der Waals surface area contributed by atoms with Crippen LogP contribution in [-0.2, 0) is 6.42 Å². The summed E-state index contributed by atoms with van der Waals surface area (Å²) < 4.78 is 10.4. The fraction of sp³-hybridized carbons (Fsp3) is 0.455. The summed E-state index contributed by atoms with van der Waals surface area (Å²) in [7, 11) is 3.25. The number of hydrogen-bond acceptors (Lipinski definition) is 3. The van der Waals surface area contributed by atoms with Gasteiger partial charge in [-0.3, -0.25) is 0 Å². The molecule has 1 aromatic carbocycles. The van der Waals surface area contributed by atoms with E-state index in [1.165, 1.54) is 0 Å². The second-order valence-corrected chi connectivity index (χ2v) is 3.52. The molecule has 0 radical (unpaired) electrons. The molecule has 0 saturated heterocycles. The molecule has 0 bridgehead atoms. The highest BCUT2D eigenvalue weighted by Crippen LogP contribution is 2.45. The molecule has 3 nitrogen and oxygen atoms in total. The highest BCUT2D eigenvalue weighted by Gasteiger charge is 2.31. The third kappa shape index (κ3) is 1.09. The van der Waals surface area contributed by atoms with Crippen molar-refractivity contribution in [2.45, 2.75) is 19.4 Å². The molecule has 1 unspecified atom stereocenters. The zero-order valence-corrected chi connectivity index (χ0v) is 8.63. The van der Waals surface area contributed by atoms with Crippen LogP contribution in [0.4, 0.5) is 0 Å². The summed E-state index contributed by atoms with van der Waals surface area (Å²) >= 11 is 0. The molecule has 14 heavy (non-hydrogen) atoms. The maximum Gasteiger partial charge on any atom is 0.128 e. The van der Waals surface area contributed by atoms with E-state index in [0.717, 1.165) is 28.2 Å². The van der Waals surface area contributed by atoms with Crippen LogP contribution in [0.1, 0.15) is 22.8 Å². The van der Waals surface area contributed by atoms with Gasteiger partial charge in [0.1, 0.15) is 11.5 Å². The highest BCUT2D eigenvalue weighted by atomic mass is 16.5. The number of methoxy groups -OCH3 is 2. The maximum absolute atomic E-state index is 9.58. The molecule has 0 spiro atoms. The third-order valence-corrected chi connectivity index (χ3v) is 2.85. The zero-order chi connectivity index (χ0) is 10.3. The van der Waals surface area contributed by atoms with Gasteiger partial charge in [-0.25, -0.2) is 0 Å². The molecule has 1 aromatic rings. The van der Waals surface area contributed by atoms with Crippen LogP contribution in [0.15, 0.2) is 6.07 Å². The van der Waals surface area contributed by atoms with Gasteiger partial charge in [-0.1, -0.05) is 0 Å². The molecule has 0 amide bonds. The second-order valence-electron chi connectivity index (χ2n) is 3.52. The first-order chi connectivity index (χ1) is 6.69. The van der Waals surface area contributed by atoms with Crippen molar-refractivity contribution in [1.29, 1.82) is 0 Å². The zero-order valence-electron chi connectivity index (χ0n) is 8.63. The first kappa shape index (κ1) is 9.34. The first-order valence-corrected chi connectivity index (χ1v) is 4.61. The van der Waals surface area contributed by atoms with Crippen molar-refractivity contribution in [3.05, 3.63) is 22.8 Å². The van der Waals surface area contributed by atoms with Crippen molar-refractivity contribution < 1.29 is 14.6 Å². The Morgan fingerprint density at radius 1 is 1.29 bits per heavy atom. The Hall–Kier alpha value is -1.22. The third-order valence-electron chi connectivity index (χ3n) is 2.85. The molecule has 76 valence electrons. The van der Waals surface area contributed by atoms with Crippen molar-refractivity contribution in [2.75, 3.05) is 14.2 Å². The van der Waals surface area contributed by atoms with E-state index >= 15 is 0 Å². The fourth-order valence-electron chi connectivity index (χ4n) is 1.98. The summed E-state index contributed by atoms with van der Waals surface area (Å²) in [4.78, 5) is 0. The number of hydrogen-bond donors (Lipinski definition) is 1. The van der Waals surface area contributed by atoms with Gasteiger partial charge >= 0.3 is 0 Å². The number of fused-ring (bicyclic) bond motifs is 1. The van der Waals surface area contributed by atoms with E-state index in [1.54, 1.807) is 14.2 Å². The Morgan fingerprint density at radius 2 is 1.93 bits per heavy atom. The van der Waals surface area contributed by atoms with Crippen LogP contribution in [0.25, 0.3) is 0 Å². The Balaban J connectivity index is 2.58. The smallest absolute Gasteiger partial charge is 0.128 e. The van der Waals surface area contributed by atoms with Crippen molar-refractivity contribution in [1.82, 2.24) is 0 Å². The Bertz CT molecular complexity index is 371. The number of ether oxygens (including phenoxy) is 2. The summed E-state index contributed by atoms with van der Waals surface area (Å²) in [6, 6.07) is 1.83. The molecule has 1 atom stereocenters. The summed E-state index contributed by atoms with van der Waals surface area (Å²) in [6.45, 7) is 2.00. The summed E-state index contributed by atoms with van der Waals surface area (Å²) in [5, 5.41) is 9.58. The average molecular weight is 194 g/mol. The Morgan fingerprint density at radius 3 is 2.43 bits per heavy atom. The SMILES string of the molecule is COc1cc(OC)c2c(c1C)CC2O. The lowest BCUT2D eigenvalue weighted by Gasteiger charge is -2.30. The van der Waals surface area contributed by atoms with Gasteiger partial charge in [0.25, 0.3) is 0 Å². The minimum Gasteiger partial charge on any atom is -0.496 e. The van der Waals surface area contributed by atoms with Crippen molar-refractivity contribution >= 4 is 0 Å². The van der Waals surface area contributed by atoms with E-state index in [0.29, 0.717) is 6.42 Å². The molecule has 3 heteroatoms. The van der Waals surface area contributed by atoms with E-state index in [1.807, 2.05) is 13.0 Å². The molecule has 1 aliphatic carbocycles. The van der Waals surface area contributed by atoms with Crippen LogP contribution in [-0.4, -0.2) is 19.3 Å². The second kappa shape index (κ2) is 3.17. The van der Waals surface area contributed by atoms with Crippen LogP contribution in [0.3, 0.4) is 0 Å². The molecule has 0 aliphatic heterocycles. The van der Waals surface area contributed by atoms with Gasteiger partial charge in [0, 0.05) is 18.1 Å². The van der Waals surface area contributed by atoms with Gasteiger partial charge < -0.3 is 14.6 Å². The lowest BCUT2D eigenvalue weighted by atomic mass is 9.81. The minimum atomic E-state index is -0.371. The molecule has 1 N–H and O–H groups in total. The number of aliphatic hydroxyl groups is 1. The van der Waals surface area contributed by atoms with E-state index in [2.05, 4.69) is 0 Å². The van der Waals surface area contributed by atoms with Crippen LogP contribution in [0.5, 0.6) is 11.5 Å². The highest BCUT2D eigenvalue weighted by molar-refractivity contribution is 5.58. The molecule has 0 saturated carbocycles. The molecule has 0 heterocycles. The van der Waals surface area contributed by atoms with Gasteiger partial charge in [-0.2, -0.15) is 0 Å². The molecule has 1 aliphatic rings. The van der Waals surface area contributed by atoms with Gasteiger partial charge in [-0.15, -0.1) is 0 Å². The molecular weight excluding hydrogens is 180 g/mol. The largest absolute Gasteiger partial charge is 0.496 e.